The smallest absolute Gasteiger partial charge is 0.328 e. The lowest BCUT2D eigenvalue weighted by Crippen LogP contribution is -2.54. The summed E-state index contributed by atoms with van der Waals surface area (Å²) in [6.45, 7) is 4.13. The molecule has 5 N–H and O–H groups in total. The molecule has 1 rings (SSSR count). The molecule has 0 bridgehead atoms. The van der Waals surface area contributed by atoms with Crippen LogP contribution in [0.15, 0.2) is 24.3 Å². The predicted molar refractivity (Wildman–Crippen MR) is 113 cm³/mol. The molecule has 0 radical (unpaired) electrons. The third-order valence-corrected chi connectivity index (χ3v) is 4.41. The molecule has 31 heavy (non-hydrogen) atoms. The molecule has 0 aliphatic rings. The van der Waals surface area contributed by atoms with Crippen molar-refractivity contribution >= 4 is 29.4 Å². The van der Waals surface area contributed by atoms with E-state index in [0.29, 0.717) is 25.8 Å². The molecule has 0 saturated carbocycles. The van der Waals surface area contributed by atoms with Crippen LogP contribution in [0, 0.1) is 11.7 Å². The van der Waals surface area contributed by atoms with Gasteiger partial charge in [-0.1, -0.05) is 26.0 Å². The molecule has 2 atom stereocenters. The Hall–Kier alpha value is -3.01. The average Bonchev–Trinajstić information content (AvgIpc) is 2.73. The topological polar surface area (TPSA) is 140 Å². The maximum atomic E-state index is 13.7. The molecule has 172 valence electrons. The Balaban J connectivity index is 2.84. The summed E-state index contributed by atoms with van der Waals surface area (Å²) in [5, 5.41) is 7.10. The lowest BCUT2D eigenvalue weighted by atomic mass is 10.0. The maximum Gasteiger partial charge on any atom is 0.328 e. The third-order valence-electron chi connectivity index (χ3n) is 4.41. The summed E-state index contributed by atoms with van der Waals surface area (Å²) in [6, 6.07) is 3.42. The van der Waals surface area contributed by atoms with Crippen LogP contribution in [0.3, 0.4) is 0 Å². The number of esters is 1. The van der Waals surface area contributed by atoms with E-state index in [1.54, 1.807) is 0 Å². The fourth-order valence-electron chi connectivity index (χ4n) is 2.82. The van der Waals surface area contributed by atoms with Crippen LogP contribution in [0.2, 0.25) is 0 Å². The maximum absolute atomic E-state index is 13.7. The van der Waals surface area contributed by atoms with Crippen molar-refractivity contribution in [2.45, 2.75) is 51.6 Å². The number of nitrogens with one attached hydrogen (secondary N) is 3. The number of carbonyl (C=O) groups is 4. The standard InChI is InChI=1S/C21H31FN4O5/c1-13(2)12-17(18(27)25-16(21(30)31-3)10-6-7-11-23)26-20(29)19(28)24-15-9-5-4-8-14(15)22/h4-5,8-9,13,16-17H,6-7,10-12,23H2,1-3H3,(H,24,28)(H,25,27)(H,26,29)/t16-,17-/m0/s1. The molecule has 1 aromatic rings. The highest BCUT2D eigenvalue weighted by atomic mass is 19.1. The van der Waals surface area contributed by atoms with Crippen LogP contribution in [-0.2, 0) is 23.9 Å². The minimum Gasteiger partial charge on any atom is -0.467 e. The van der Waals surface area contributed by atoms with Gasteiger partial charge in [-0.25, -0.2) is 9.18 Å². The van der Waals surface area contributed by atoms with Gasteiger partial charge in [-0.3, -0.25) is 14.4 Å². The number of hydrogen-bond acceptors (Lipinski definition) is 6. The van der Waals surface area contributed by atoms with Crippen molar-refractivity contribution < 1.29 is 28.3 Å². The normalized spacial score (nSPS) is 12.6. The fourth-order valence-corrected chi connectivity index (χ4v) is 2.82. The van der Waals surface area contributed by atoms with Gasteiger partial charge in [0.25, 0.3) is 0 Å². The quantitative estimate of drug-likeness (QED) is 0.232. The second-order valence-electron chi connectivity index (χ2n) is 7.46. The number of carbonyl (C=O) groups excluding carboxylic acids is 4. The average molecular weight is 439 g/mol. The molecule has 0 aromatic heterocycles. The van der Waals surface area contributed by atoms with Gasteiger partial charge in [-0.15, -0.1) is 0 Å². The zero-order valence-electron chi connectivity index (χ0n) is 18.1. The van der Waals surface area contributed by atoms with Gasteiger partial charge in [-0.05, 0) is 50.3 Å². The van der Waals surface area contributed by atoms with Gasteiger partial charge in [0, 0.05) is 0 Å². The van der Waals surface area contributed by atoms with Crippen LogP contribution < -0.4 is 21.7 Å². The van der Waals surface area contributed by atoms with Crippen molar-refractivity contribution in [1.29, 1.82) is 0 Å². The van der Waals surface area contributed by atoms with Gasteiger partial charge >= 0.3 is 17.8 Å². The number of halogens is 1. The first kappa shape index (κ1) is 26.0. The molecule has 0 spiro atoms. The van der Waals surface area contributed by atoms with Crippen molar-refractivity contribution in [2.24, 2.45) is 11.7 Å². The van der Waals surface area contributed by atoms with Crippen LogP contribution >= 0.6 is 0 Å². The lowest BCUT2D eigenvalue weighted by molar-refractivity contribution is -0.146. The van der Waals surface area contributed by atoms with Crippen LogP contribution in [0.1, 0.15) is 39.5 Å². The Morgan fingerprint density at radius 3 is 2.29 bits per heavy atom. The number of ether oxygens (including phenoxy) is 1. The molecule has 9 nitrogen and oxygen atoms in total. The Bertz CT molecular complexity index is 772. The molecular formula is C21H31FN4O5. The molecule has 0 unspecified atom stereocenters. The fraction of sp³-hybridized carbons (Fsp3) is 0.524. The molecule has 0 saturated heterocycles. The van der Waals surface area contributed by atoms with Crippen molar-refractivity contribution in [1.82, 2.24) is 10.6 Å². The first-order valence-corrected chi connectivity index (χ1v) is 10.1. The molecule has 0 aliphatic carbocycles. The molecule has 0 aliphatic heterocycles. The number of nitrogens with two attached hydrogens (primary N) is 1. The molecular weight excluding hydrogens is 407 g/mol. The van der Waals surface area contributed by atoms with Gasteiger partial charge in [0.15, 0.2) is 0 Å². The van der Waals surface area contributed by atoms with E-state index in [9.17, 15) is 23.6 Å². The van der Waals surface area contributed by atoms with Gasteiger partial charge in [-0.2, -0.15) is 0 Å². The SMILES string of the molecule is COC(=O)[C@H](CCCCN)NC(=O)[C@H](CC(C)C)NC(=O)C(=O)Nc1ccccc1F. The van der Waals surface area contributed by atoms with Crippen molar-refractivity contribution in [3.8, 4) is 0 Å². The zero-order chi connectivity index (χ0) is 23.4. The van der Waals surface area contributed by atoms with Gasteiger partial charge in [0.1, 0.15) is 17.9 Å². The van der Waals surface area contributed by atoms with Gasteiger partial charge < -0.3 is 26.4 Å². The second kappa shape index (κ2) is 13.3. The molecule has 0 fully saturated rings. The summed E-state index contributed by atoms with van der Waals surface area (Å²) in [6.07, 6.45) is 1.82. The number of para-hydroxylation sites is 1. The van der Waals surface area contributed by atoms with E-state index in [1.807, 2.05) is 13.8 Å². The number of anilines is 1. The summed E-state index contributed by atoms with van der Waals surface area (Å²) in [5.74, 6) is -4.14. The van der Waals surface area contributed by atoms with E-state index in [-0.39, 0.29) is 18.0 Å². The number of benzene rings is 1. The Kier molecular flexibility index (Phi) is 11.2. The summed E-state index contributed by atoms with van der Waals surface area (Å²) in [5.41, 5.74) is 5.31. The monoisotopic (exact) mass is 438 g/mol. The van der Waals surface area contributed by atoms with Gasteiger partial charge in [0.2, 0.25) is 5.91 Å². The zero-order valence-corrected chi connectivity index (χ0v) is 18.1. The van der Waals surface area contributed by atoms with E-state index in [4.69, 9.17) is 10.5 Å². The van der Waals surface area contributed by atoms with Crippen molar-refractivity contribution in [3.63, 3.8) is 0 Å². The predicted octanol–water partition coefficient (Wildman–Crippen LogP) is 1.08. The molecule has 10 heteroatoms. The van der Waals surface area contributed by atoms with E-state index in [1.165, 1.54) is 25.3 Å². The van der Waals surface area contributed by atoms with Crippen molar-refractivity contribution in [3.05, 3.63) is 30.1 Å². The van der Waals surface area contributed by atoms with Crippen LogP contribution in [0.25, 0.3) is 0 Å². The number of hydrogen-bond donors (Lipinski definition) is 4. The van der Waals surface area contributed by atoms with E-state index in [0.717, 1.165) is 6.07 Å². The second-order valence-corrected chi connectivity index (χ2v) is 7.46. The summed E-state index contributed by atoms with van der Waals surface area (Å²) in [7, 11) is 1.21. The lowest BCUT2D eigenvalue weighted by Gasteiger charge is -2.23. The highest BCUT2D eigenvalue weighted by molar-refractivity contribution is 6.40. The summed E-state index contributed by atoms with van der Waals surface area (Å²) >= 11 is 0. The first-order chi connectivity index (χ1) is 14.7. The summed E-state index contributed by atoms with van der Waals surface area (Å²) in [4.78, 5) is 49.2. The highest BCUT2D eigenvalue weighted by Crippen LogP contribution is 2.12. The Morgan fingerprint density at radius 2 is 1.71 bits per heavy atom. The third kappa shape index (κ3) is 9.12. The van der Waals surface area contributed by atoms with E-state index in [2.05, 4.69) is 16.0 Å². The summed E-state index contributed by atoms with van der Waals surface area (Å²) < 4.78 is 18.4. The van der Waals surface area contributed by atoms with Gasteiger partial charge in [0.05, 0.1) is 12.8 Å². The minimum atomic E-state index is -1.11. The van der Waals surface area contributed by atoms with Crippen molar-refractivity contribution in [2.75, 3.05) is 19.0 Å². The highest BCUT2D eigenvalue weighted by Gasteiger charge is 2.29. The van der Waals surface area contributed by atoms with E-state index >= 15 is 0 Å². The Morgan fingerprint density at radius 1 is 1.03 bits per heavy atom. The van der Waals surface area contributed by atoms with Crippen LogP contribution in [-0.4, -0.2) is 49.4 Å². The molecule has 3 amide bonds. The van der Waals surface area contributed by atoms with Crippen LogP contribution in [0.4, 0.5) is 10.1 Å². The first-order valence-electron chi connectivity index (χ1n) is 10.1. The minimum absolute atomic E-state index is 0.000467. The molecule has 1 aromatic carbocycles. The number of methoxy groups -OCH3 is 1. The molecule has 0 heterocycles. The largest absolute Gasteiger partial charge is 0.467 e. The number of amides is 3. The Labute approximate surface area is 181 Å². The van der Waals surface area contributed by atoms with Crippen LogP contribution in [0.5, 0.6) is 0 Å². The number of rotatable bonds is 11. The van der Waals surface area contributed by atoms with E-state index < -0.39 is 41.6 Å². The number of unbranched alkanes of at least 4 members (excludes halogenated alkanes) is 1.